The smallest absolute Gasteiger partial charge is 0.334 e. The van der Waals surface area contributed by atoms with Gasteiger partial charge in [-0.15, -0.1) is 0 Å². The number of carbonyl (C=O) groups excluding carboxylic acids is 1. The first-order valence-electron chi connectivity index (χ1n) is 6.68. The molecular weight excluding hydrogens is 267 g/mol. The van der Waals surface area contributed by atoms with Crippen molar-refractivity contribution in [2.75, 3.05) is 26.5 Å². The lowest BCUT2D eigenvalue weighted by molar-refractivity contribution is -0.140. The summed E-state index contributed by atoms with van der Waals surface area (Å²) in [6.45, 7) is 4.35. The third kappa shape index (κ3) is 9.88. The zero-order valence-electron chi connectivity index (χ0n) is 12.1. The van der Waals surface area contributed by atoms with Gasteiger partial charge in [0.25, 0.3) is 0 Å². The van der Waals surface area contributed by atoms with Crippen LogP contribution in [0.1, 0.15) is 39.5 Å². The molecule has 0 aromatic carbocycles. The highest BCUT2D eigenvalue weighted by atomic mass is 31.2. The Morgan fingerprint density at radius 3 is 2.26 bits per heavy atom. The Morgan fingerprint density at radius 2 is 1.74 bits per heavy atom. The molecule has 0 aliphatic carbocycles. The summed E-state index contributed by atoms with van der Waals surface area (Å²) in [5.41, 5.74) is 0. The zero-order valence-corrected chi connectivity index (χ0v) is 13.0. The molecule has 0 fully saturated rings. The summed E-state index contributed by atoms with van der Waals surface area (Å²) in [6.07, 6.45) is 7.05. The normalized spacial score (nSPS) is 11.9. The lowest BCUT2D eigenvalue weighted by atomic mass is 10.2. The minimum absolute atomic E-state index is 0.179. The number of methoxy groups -OCH3 is 1. The average molecular weight is 292 g/mol. The maximum Gasteiger partial charge on any atom is 0.334 e. The van der Waals surface area contributed by atoms with E-state index in [9.17, 15) is 9.36 Å². The van der Waals surface area contributed by atoms with Crippen LogP contribution in [0.15, 0.2) is 12.2 Å². The number of allylic oxidation sites excluding steroid dienone is 2. The monoisotopic (exact) mass is 292 g/mol. The molecule has 0 rings (SSSR count). The van der Waals surface area contributed by atoms with Gasteiger partial charge in [-0.3, -0.25) is 9.36 Å². The molecule has 0 radical (unpaired) electrons. The van der Waals surface area contributed by atoms with Gasteiger partial charge in [0.05, 0.1) is 26.5 Å². The third-order valence-corrected chi connectivity index (χ3v) is 4.34. The summed E-state index contributed by atoms with van der Waals surface area (Å²) >= 11 is 0. The standard InChI is InChI=1S/C13H25O5P/c1-4-17-19(15,18-5-2)12-10-8-6-7-9-11-13(14)16-3/h8,10H,4-7,9,11-12H2,1-3H3/b10-8+. The molecule has 0 heterocycles. The fourth-order valence-electron chi connectivity index (χ4n) is 1.49. The maximum atomic E-state index is 12.1. The van der Waals surface area contributed by atoms with E-state index in [1.807, 2.05) is 12.2 Å². The molecule has 19 heavy (non-hydrogen) atoms. The zero-order chi connectivity index (χ0) is 14.6. The van der Waals surface area contributed by atoms with Gasteiger partial charge >= 0.3 is 13.6 Å². The number of hydrogen-bond donors (Lipinski definition) is 0. The van der Waals surface area contributed by atoms with Crippen LogP contribution in [0.3, 0.4) is 0 Å². The molecule has 0 spiro atoms. The molecule has 0 unspecified atom stereocenters. The van der Waals surface area contributed by atoms with Crippen molar-refractivity contribution in [1.82, 2.24) is 0 Å². The van der Waals surface area contributed by atoms with Crippen molar-refractivity contribution in [3.05, 3.63) is 12.2 Å². The predicted molar refractivity (Wildman–Crippen MR) is 75.3 cm³/mol. The van der Waals surface area contributed by atoms with Gasteiger partial charge in [0, 0.05) is 6.42 Å². The number of esters is 1. The van der Waals surface area contributed by atoms with Crippen molar-refractivity contribution in [3.63, 3.8) is 0 Å². The van der Waals surface area contributed by atoms with Gasteiger partial charge in [0.15, 0.2) is 0 Å². The first-order chi connectivity index (χ1) is 9.08. The van der Waals surface area contributed by atoms with Gasteiger partial charge in [-0.1, -0.05) is 12.2 Å². The summed E-state index contributed by atoms with van der Waals surface area (Å²) in [6, 6.07) is 0. The average Bonchev–Trinajstić information content (AvgIpc) is 2.37. The first-order valence-corrected chi connectivity index (χ1v) is 8.40. The van der Waals surface area contributed by atoms with Gasteiger partial charge in [-0.25, -0.2) is 0 Å². The Bertz CT molecular complexity index is 304. The van der Waals surface area contributed by atoms with E-state index in [2.05, 4.69) is 4.74 Å². The van der Waals surface area contributed by atoms with Crippen molar-refractivity contribution < 1.29 is 23.1 Å². The van der Waals surface area contributed by atoms with Crippen LogP contribution in [0, 0.1) is 0 Å². The minimum Gasteiger partial charge on any atom is -0.469 e. The fourth-order valence-corrected chi connectivity index (χ4v) is 2.97. The molecule has 0 atom stereocenters. The number of rotatable bonds is 11. The van der Waals surface area contributed by atoms with E-state index in [4.69, 9.17) is 9.05 Å². The maximum absolute atomic E-state index is 12.1. The van der Waals surface area contributed by atoms with E-state index >= 15 is 0 Å². The van der Waals surface area contributed by atoms with Crippen LogP contribution >= 0.6 is 7.60 Å². The molecule has 0 aliphatic rings. The summed E-state index contributed by atoms with van der Waals surface area (Å²) in [4.78, 5) is 10.9. The quantitative estimate of drug-likeness (QED) is 0.252. The van der Waals surface area contributed by atoms with Crippen molar-refractivity contribution >= 4 is 13.6 Å². The number of carbonyl (C=O) groups is 1. The van der Waals surface area contributed by atoms with E-state index in [-0.39, 0.29) is 5.97 Å². The van der Waals surface area contributed by atoms with Crippen LogP contribution in [-0.2, 0) is 23.1 Å². The van der Waals surface area contributed by atoms with E-state index in [0.29, 0.717) is 25.8 Å². The molecule has 0 aliphatic heterocycles. The Hall–Kier alpha value is -0.640. The lowest BCUT2D eigenvalue weighted by Crippen LogP contribution is -1.99. The van der Waals surface area contributed by atoms with Gasteiger partial charge < -0.3 is 13.8 Å². The lowest BCUT2D eigenvalue weighted by Gasteiger charge is -2.14. The van der Waals surface area contributed by atoms with Gasteiger partial charge in [0.2, 0.25) is 0 Å². The van der Waals surface area contributed by atoms with Crippen LogP contribution in [0.5, 0.6) is 0 Å². The van der Waals surface area contributed by atoms with Crippen LogP contribution < -0.4 is 0 Å². The molecule has 6 heteroatoms. The van der Waals surface area contributed by atoms with E-state index in [1.54, 1.807) is 13.8 Å². The van der Waals surface area contributed by atoms with Crippen molar-refractivity contribution in [1.29, 1.82) is 0 Å². The number of unbranched alkanes of at least 4 members (excludes halogenated alkanes) is 2. The predicted octanol–water partition coefficient (Wildman–Crippen LogP) is 3.54. The summed E-state index contributed by atoms with van der Waals surface area (Å²) in [5.74, 6) is -0.179. The summed E-state index contributed by atoms with van der Waals surface area (Å²) < 4.78 is 27.0. The highest BCUT2D eigenvalue weighted by Crippen LogP contribution is 2.47. The molecule has 0 aromatic heterocycles. The summed E-state index contributed by atoms with van der Waals surface area (Å²) in [5, 5.41) is 0. The van der Waals surface area contributed by atoms with E-state index in [1.165, 1.54) is 7.11 Å². The SMILES string of the molecule is CCOP(=O)(C/C=C/CCCCC(=O)OC)OCC. The van der Waals surface area contributed by atoms with Gasteiger partial charge in [0.1, 0.15) is 0 Å². The Morgan fingerprint density at radius 1 is 1.11 bits per heavy atom. The molecule has 0 bridgehead atoms. The molecule has 0 saturated carbocycles. The highest BCUT2D eigenvalue weighted by Gasteiger charge is 2.20. The highest BCUT2D eigenvalue weighted by molar-refractivity contribution is 7.54. The molecule has 0 saturated heterocycles. The Balaban J connectivity index is 3.81. The molecule has 112 valence electrons. The fraction of sp³-hybridized carbons (Fsp3) is 0.769. The third-order valence-electron chi connectivity index (χ3n) is 2.38. The number of hydrogen-bond acceptors (Lipinski definition) is 5. The Labute approximate surface area is 115 Å². The topological polar surface area (TPSA) is 61.8 Å². The van der Waals surface area contributed by atoms with Crippen molar-refractivity contribution in [2.45, 2.75) is 39.5 Å². The van der Waals surface area contributed by atoms with Crippen LogP contribution in [-0.4, -0.2) is 32.5 Å². The minimum atomic E-state index is -2.96. The van der Waals surface area contributed by atoms with Crippen LogP contribution in [0.25, 0.3) is 0 Å². The molecule has 5 nitrogen and oxygen atoms in total. The van der Waals surface area contributed by atoms with Crippen LogP contribution in [0.4, 0.5) is 0 Å². The number of ether oxygens (including phenoxy) is 1. The largest absolute Gasteiger partial charge is 0.469 e. The van der Waals surface area contributed by atoms with Crippen molar-refractivity contribution in [2.24, 2.45) is 0 Å². The van der Waals surface area contributed by atoms with E-state index in [0.717, 1.165) is 19.3 Å². The molecule has 0 N–H and O–H groups in total. The second-order valence-corrected chi connectivity index (χ2v) is 6.03. The molecular formula is C13H25O5P. The van der Waals surface area contributed by atoms with Crippen molar-refractivity contribution in [3.8, 4) is 0 Å². The van der Waals surface area contributed by atoms with E-state index < -0.39 is 7.60 Å². The molecule has 0 amide bonds. The Kier molecular flexibility index (Phi) is 10.8. The van der Waals surface area contributed by atoms with Gasteiger partial charge in [-0.2, -0.15) is 0 Å². The second kappa shape index (κ2) is 11.2. The first kappa shape index (κ1) is 18.4. The molecule has 0 aromatic rings. The van der Waals surface area contributed by atoms with Gasteiger partial charge in [-0.05, 0) is 33.1 Å². The second-order valence-electron chi connectivity index (χ2n) is 3.92. The van der Waals surface area contributed by atoms with Crippen LogP contribution in [0.2, 0.25) is 0 Å². The summed E-state index contributed by atoms with van der Waals surface area (Å²) in [7, 11) is -1.57.